The molecule has 3 aromatic rings. The number of rotatable bonds is 3. The zero-order valence-electron chi connectivity index (χ0n) is 16.5. The van der Waals surface area contributed by atoms with Crippen LogP contribution < -0.4 is 38.7 Å². The smallest absolute Gasteiger partial charge is 0.338 e. The second kappa shape index (κ2) is 8.10. The topological polar surface area (TPSA) is 164 Å². The average molecular weight is 491 g/mol. The molecule has 1 aliphatic carbocycles. The largest absolute Gasteiger partial charge is 0.423 e. The van der Waals surface area contributed by atoms with Gasteiger partial charge in [0.05, 0.1) is 10.9 Å². The third kappa shape index (κ3) is 3.43. The minimum Gasteiger partial charge on any atom is -0.423 e. The number of nitrogens with one attached hydrogen (secondary N) is 1. The molecule has 0 saturated heterocycles. The molecule has 2 aromatic heterocycles. The number of benzene rings is 1. The number of nitrogen functional groups attached to an aromatic ring is 2. The molecule has 0 radical (unpaired) electrons. The summed E-state index contributed by atoms with van der Waals surface area (Å²) < 4.78 is 6.96. The van der Waals surface area contributed by atoms with Gasteiger partial charge in [-0.05, 0) is 36.6 Å². The van der Waals surface area contributed by atoms with E-state index in [1.165, 1.54) is 0 Å². The minimum absolute atomic E-state index is 0.0215. The second-order valence-electron chi connectivity index (χ2n) is 6.97. The van der Waals surface area contributed by atoms with E-state index < -0.39 is 11.2 Å². The van der Waals surface area contributed by atoms with E-state index in [9.17, 15) is 20.1 Å². The molecule has 0 saturated carbocycles. The molecule has 0 unspecified atom stereocenters. The molecule has 0 atom stereocenters. The molecule has 0 bridgehead atoms. The molecule has 4 rings (SSSR count). The second-order valence-corrected chi connectivity index (χ2v) is 7.89. The number of fused-ring (bicyclic) bond motifs is 1. The molecule has 0 spiro atoms. The zero-order chi connectivity index (χ0) is 23.0. The van der Waals surface area contributed by atoms with Gasteiger partial charge >= 0.3 is 5.63 Å². The summed E-state index contributed by atoms with van der Waals surface area (Å²) in [7, 11) is 0. The molecule has 0 fully saturated rings. The average Bonchev–Trinajstić information content (AvgIpc) is 2.76. The van der Waals surface area contributed by atoms with Crippen LogP contribution in [0.1, 0.15) is 24.0 Å². The van der Waals surface area contributed by atoms with Gasteiger partial charge in [-0.1, -0.05) is 28.1 Å². The molecule has 1 aliphatic rings. The Morgan fingerprint density at radius 1 is 1.09 bits per heavy atom. The standard InChI is InChI=1S/C22H15BrN6O3/c23-12-6-4-11(5-7-12)19-13(9-24)21(27)29(22(31)14(19)10-25)28-16-2-1-3-17-20(16)15(26)8-18(30)32-17/h3-8,28H,1-2,26-27H2. The van der Waals surface area contributed by atoms with Gasteiger partial charge in [0.15, 0.2) is 0 Å². The number of pyridine rings is 1. The van der Waals surface area contributed by atoms with Gasteiger partial charge in [-0.25, -0.2) is 9.47 Å². The monoisotopic (exact) mass is 490 g/mol. The van der Waals surface area contributed by atoms with Crippen LogP contribution in [0.5, 0.6) is 0 Å². The predicted octanol–water partition coefficient (Wildman–Crippen LogP) is 1.06. The SMILES string of the molecule is N#Cc1c(-c2ccc(Br)cc2)c(C#N)c(=O)n(NC2=c3c(N)cc(=O)oc3=CCC2)c1N. The van der Waals surface area contributed by atoms with E-state index in [0.29, 0.717) is 29.3 Å². The lowest BCUT2D eigenvalue weighted by atomic mass is 9.96. The van der Waals surface area contributed by atoms with Crippen molar-refractivity contribution in [2.24, 2.45) is 0 Å². The Kier molecular flexibility index (Phi) is 5.31. The lowest BCUT2D eigenvalue weighted by Gasteiger charge is -2.20. The van der Waals surface area contributed by atoms with Crippen molar-refractivity contribution in [1.82, 2.24) is 4.68 Å². The van der Waals surface area contributed by atoms with Gasteiger partial charge in [0.1, 0.15) is 34.5 Å². The number of aromatic nitrogens is 1. The first-order valence-electron chi connectivity index (χ1n) is 9.40. The van der Waals surface area contributed by atoms with E-state index in [1.54, 1.807) is 30.3 Å². The molecule has 10 heteroatoms. The number of hydrogen-bond donors (Lipinski definition) is 3. The number of halogens is 1. The summed E-state index contributed by atoms with van der Waals surface area (Å²) >= 11 is 3.34. The van der Waals surface area contributed by atoms with Gasteiger partial charge in [-0.15, -0.1) is 0 Å². The van der Waals surface area contributed by atoms with Gasteiger partial charge in [0.2, 0.25) is 0 Å². The molecule has 5 N–H and O–H groups in total. The third-order valence-corrected chi connectivity index (χ3v) is 5.59. The van der Waals surface area contributed by atoms with Crippen molar-refractivity contribution >= 4 is 39.2 Å². The number of nitrogens with zero attached hydrogens (tertiary/aromatic N) is 3. The third-order valence-electron chi connectivity index (χ3n) is 5.06. The molecular weight excluding hydrogens is 476 g/mol. The Morgan fingerprint density at radius 3 is 2.44 bits per heavy atom. The maximum absolute atomic E-state index is 13.2. The summed E-state index contributed by atoms with van der Waals surface area (Å²) in [4.78, 5) is 24.9. The maximum Gasteiger partial charge on any atom is 0.338 e. The summed E-state index contributed by atoms with van der Waals surface area (Å²) in [6, 6.07) is 11.9. The molecule has 9 nitrogen and oxygen atoms in total. The number of nitrogens with two attached hydrogens (primary N) is 2. The fourth-order valence-electron chi connectivity index (χ4n) is 3.64. The summed E-state index contributed by atoms with van der Waals surface area (Å²) in [6.07, 6.45) is 2.68. The normalized spacial score (nSPS) is 12.3. The van der Waals surface area contributed by atoms with Crippen molar-refractivity contribution < 1.29 is 4.42 Å². The fourth-order valence-corrected chi connectivity index (χ4v) is 3.91. The number of hydrogen-bond acceptors (Lipinski definition) is 8. The Bertz CT molecular complexity index is 1590. The Morgan fingerprint density at radius 2 is 1.78 bits per heavy atom. The van der Waals surface area contributed by atoms with Crippen LogP contribution in [0.25, 0.3) is 22.9 Å². The van der Waals surface area contributed by atoms with E-state index in [-0.39, 0.29) is 33.6 Å². The van der Waals surface area contributed by atoms with Crippen molar-refractivity contribution in [2.45, 2.75) is 12.8 Å². The van der Waals surface area contributed by atoms with Crippen LogP contribution in [-0.2, 0) is 0 Å². The maximum atomic E-state index is 13.2. The van der Waals surface area contributed by atoms with Gasteiger partial charge < -0.3 is 15.9 Å². The van der Waals surface area contributed by atoms with Gasteiger partial charge in [0.25, 0.3) is 5.56 Å². The van der Waals surface area contributed by atoms with Crippen LogP contribution in [-0.4, -0.2) is 4.68 Å². The van der Waals surface area contributed by atoms with Gasteiger partial charge in [-0.2, -0.15) is 10.5 Å². The van der Waals surface area contributed by atoms with E-state index in [2.05, 4.69) is 21.4 Å². The number of nitriles is 2. The van der Waals surface area contributed by atoms with Crippen LogP contribution >= 0.6 is 15.9 Å². The van der Waals surface area contributed by atoms with Crippen molar-refractivity contribution in [3.63, 3.8) is 0 Å². The Labute approximate surface area is 189 Å². The minimum atomic E-state index is -0.721. The van der Waals surface area contributed by atoms with Crippen LogP contribution in [0.4, 0.5) is 11.5 Å². The van der Waals surface area contributed by atoms with Crippen LogP contribution in [0.15, 0.2) is 48.8 Å². The van der Waals surface area contributed by atoms with E-state index in [1.807, 2.05) is 12.1 Å². The molecule has 158 valence electrons. The Balaban J connectivity index is 2.00. The van der Waals surface area contributed by atoms with Gasteiger partial charge in [-0.3, -0.25) is 10.2 Å². The summed E-state index contributed by atoms with van der Waals surface area (Å²) in [5.41, 5.74) is 15.2. The molecule has 0 aliphatic heterocycles. The van der Waals surface area contributed by atoms with Crippen molar-refractivity contribution in [2.75, 3.05) is 16.9 Å². The quantitative estimate of drug-likeness (QED) is 0.490. The van der Waals surface area contributed by atoms with E-state index >= 15 is 0 Å². The number of anilines is 2. The highest BCUT2D eigenvalue weighted by Crippen LogP contribution is 2.30. The molecule has 2 heterocycles. The Hall–Kier alpha value is -4.28. The highest BCUT2D eigenvalue weighted by molar-refractivity contribution is 9.10. The molecule has 1 aromatic carbocycles. The van der Waals surface area contributed by atoms with E-state index in [4.69, 9.17) is 15.9 Å². The first-order valence-corrected chi connectivity index (χ1v) is 10.2. The van der Waals surface area contributed by atoms with Crippen molar-refractivity contribution in [3.8, 4) is 23.3 Å². The molecule has 32 heavy (non-hydrogen) atoms. The van der Waals surface area contributed by atoms with E-state index in [0.717, 1.165) is 15.2 Å². The van der Waals surface area contributed by atoms with Crippen molar-refractivity contribution in [1.29, 1.82) is 10.5 Å². The summed E-state index contributed by atoms with van der Waals surface area (Å²) in [6.45, 7) is 0. The fraction of sp³-hybridized carbons (Fsp3) is 0.0909. The predicted molar refractivity (Wildman–Crippen MR) is 123 cm³/mol. The van der Waals surface area contributed by atoms with Crippen LogP contribution in [0.2, 0.25) is 0 Å². The highest BCUT2D eigenvalue weighted by Gasteiger charge is 2.23. The molecular formula is C22H15BrN6O3. The van der Waals surface area contributed by atoms with Crippen LogP contribution in [0, 0.1) is 22.7 Å². The van der Waals surface area contributed by atoms with Gasteiger partial charge in [0, 0.05) is 21.8 Å². The van der Waals surface area contributed by atoms with Crippen molar-refractivity contribution in [3.05, 3.63) is 77.3 Å². The first kappa shape index (κ1) is 21.0. The summed E-state index contributed by atoms with van der Waals surface area (Å²) in [5, 5.41) is 20.0. The van der Waals surface area contributed by atoms with Crippen LogP contribution in [0.3, 0.4) is 0 Å². The molecule has 0 amide bonds. The highest BCUT2D eigenvalue weighted by atomic mass is 79.9. The lowest BCUT2D eigenvalue weighted by Crippen LogP contribution is -2.41. The zero-order valence-corrected chi connectivity index (χ0v) is 18.1. The first-order chi connectivity index (χ1) is 15.3. The summed E-state index contributed by atoms with van der Waals surface area (Å²) in [5.74, 6) is -0.158. The lowest BCUT2D eigenvalue weighted by molar-refractivity contribution is 0.471.